The number of rotatable bonds is 26. The summed E-state index contributed by atoms with van der Waals surface area (Å²) in [6.45, 7) is 9.26. The summed E-state index contributed by atoms with van der Waals surface area (Å²) in [7, 11) is 0.947. The van der Waals surface area contributed by atoms with E-state index in [0.29, 0.717) is 11.8 Å². The predicted molar refractivity (Wildman–Crippen MR) is 254 cm³/mol. The number of benzene rings is 4. The van der Waals surface area contributed by atoms with Crippen molar-refractivity contribution in [3.8, 4) is 22.3 Å². The van der Waals surface area contributed by atoms with Crippen LogP contribution in [0.2, 0.25) is 12.1 Å². The lowest BCUT2D eigenvalue weighted by Gasteiger charge is -2.21. The van der Waals surface area contributed by atoms with Gasteiger partial charge in [0.25, 0.3) is 0 Å². The van der Waals surface area contributed by atoms with Crippen LogP contribution in [0.3, 0.4) is 0 Å². The van der Waals surface area contributed by atoms with Crippen LogP contribution >= 0.6 is 0 Å². The molecule has 0 saturated carbocycles. The average Bonchev–Trinajstić information content (AvgIpc) is 3.79. The van der Waals surface area contributed by atoms with Crippen molar-refractivity contribution in [3.63, 3.8) is 0 Å². The van der Waals surface area contributed by atoms with Gasteiger partial charge in [0.05, 0.1) is 0 Å². The third-order valence-corrected chi connectivity index (χ3v) is 14.5. The monoisotopic (exact) mass is 775 g/mol. The van der Waals surface area contributed by atoms with E-state index in [1.807, 2.05) is 0 Å². The van der Waals surface area contributed by atoms with Crippen molar-refractivity contribution < 1.29 is 0 Å². The highest BCUT2D eigenvalue weighted by Gasteiger charge is 2.30. The highest BCUT2D eigenvalue weighted by molar-refractivity contribution is 6.36. The van der Waals surface area contributed by atoms with Gasteiger partial charge in [-0.25, -0.2) is 0 Å². The van der Waals surface area contributed by atoms with Crippen LogP contribution < -0.4 is 0 Å². The third-order valence-electron chi connectivity index (χ3n) is 13.1. The second-order valence-corrected chi connectivity index (χ2v) is 18.8. The normalized spacial score (nSPS) is 15.8. The number of hydrogen-bond acceptors (Lipinski definition) is 0. The van der Waals surface area contributed by atoms with Crippen molar-refractivity contribution in [1.82, 2.24) is 0 Å². The van der Waals surface area contributed by atoms with Gasteiger partial charge in [-0.15, -0.1) is 0 Å². The Labute approximate surface area is 351 Å². The second kappa shape index (κ2) is 23.2. The van der Waals surface area contributed by atoms with Crippen LogP contribution in [0.25, 0.3) is 34.4 Å². The highest BCUT2D eigenvalue weighted by atomic mass is 28.2. The van der Waals surface area contributed by atoms with E-state index >= 15 is 0 Å². The van der Waals surface area contributed by atoms with E-state index < -0.39 is 0 Å². The minimum Gasteiger partial charge on any atom is -0.0654 e. The third kappa shape index (κ3) is 11.8. The molecule has 0 aromatic heterocycles. The summed E-state index contributed by atoms with van der Waals surface area (Å²) in [4.78, 5) is 0. The van der Waals surface area contributed by atoms with Crippen LogP contribution in [0, 0.1) is 0 Å². The molecule has 2 atom stereocenters. The van der Waals surface area contributed by atoms with E-state index in [-0.39, 0.29) is 0 Å². The standard InChI is InChI=1S/C56H74Si/c1-5-9-13-17-23-43-31-35-45(36-32-43)49-27-21-29-51-53(49)39-47(25-19-15-11-7-3)55(51)41-57-42-56-48(26-20-16-12-8-4)40-54-50(28-22-30-52(54)56)46-37-33-44(34-38-46)24-18-14-10-6-2/h21-22,27-40,55-56H,5-20,23-26,41-42H2,1-4H3. The average molecular weight is 775 g/mol. The fourth-order valence-electron chi connectivity index (χ4n) is 9.64. The van der Waals surface area contributed by atoms with Crippen LogP contribution in [0.4, 0.5) is 0 Å². The molecular formula is C56H74Si. The maximum Gasteiger partial charge on any atom is 0.0397 e. The molecule has 0 bridgehead atoms. The first-order valence-electron chi connectivity index (χ1n) is 23.7. The van der Waals surface area contributed by atoms with Gasteiger partial charge in [-0.2, -0.15) is 0 Å². The molecule has 0 aliphatic heterocycles. The first-order chi connectivity index (χ1) is 28.1. The quantitative estimate of drug-likeness (QED) is 0.0440. The minimum atomic E-state index is 0.558. The Morgan fingerprint density at radius 2 is 0.754 bits per heavy atom. The molecule has 0 fully saturated rings. The van der Waals surface area contributed by atoms with Crippen molar-refractivity contribution in [3.05, 3.63) is 129 Å². The highest BCUT2D eigenvalue weighted by Crippen LogP contribution is 2.48. The Bertz CT molecular complexity index is 1720. The van der Waals surface area contributed by atoms with Crippen LogP contribution in [0.5, 0.6) is 0 Å². The maximum atomic E-state index is 2.64. The van der Waals surface area contributed by atoms with Crippen molar-refractivity contribution >= 4 is 21.7 Å². The van der Waals surface area contributed by atoms with E-state index in [2.05, 4.69) is 125 Å². The first-order valence-corrected chi connectivity index (χ1v) is 25.1. The molecule has 0 N–H and O–H groups in total. The molecule has 0 spiro atoms. The maximum absolute atomic E-state index is 2.64. The molecular weight excluding hydrogens is 701 g/mol. The zero-order valence-electron chi connectivity index (χ0n) is 36.4. The van der Waals surface area contributed by atoms with Gasteiger partial charge in [0.15, 0.2) is 0 Å². The van der Waals surface area contributed by atoms with Gasteiger partial charge in [-0.05, 0) is 107 Å². The Balaban J connectivity index is 1.19. The van der Waals surface area contributed by atoms with Gasteiger partial charge in [-0.1, -0.05) is 225 Å². The van der Waals surface area contributed by atoms with E-state index in [4.69, 9.17) is 0 Å². The molecule has 2 unspecified atom stereocenters. The molecule has 57 heavy (non-hydrogen) atoms. The number of allylic oxidation sites excluding steroid dienone is 2. The summed E-state index contributed by atoms with van der Waals surface area (Å²) in [6, 6.07) is 36.1. The van der Waals surface area contributed by atoms with E-state index in [1.165, 1.54) is 185 Å². The Kier molecular flexibility index (Phi) is 17.6. The van der Waals surface area contributed by atoms with Crippen LogP contribution in [-0.4, -0.2) is 9.52 Å². The van der Waals surface area contributed by atoms with Crippen LogP contribution in [0.1, 0.15) is 188 Å². The van der Waals surface area contributed by atoms with E-state index in [0.717, 1.165) is 9.52 Å². The molecule has 0 saturated heterocycles. The van der Waals surface area contributed by atoms with Crippen molar-refractivity contribution in [2.75, 3.05) is 0 Å². The molecule has 0 amide bonds. The molecule has 4 aromatic carbocycles. The zero-order chi connectivity index (χ0) is 39.7. The Hall–Kier alpha value is -3.42. The van der Waals surface area contributed by atoms with E-state index in [1.54, 1.807) is 22.3 Å². The second-order valence-electron chi connectivity index (χ2n) is 17.5. The number of unbranched alkanes of at least 4 members (excludes halogenated alkanes) is 12. The fourth-order valence-corrected chi connectivity index (χ4v) is 11.4. The fraction of sp³-hybridized carbons (Fsp3) is 0.500. The number of fused-ring (bicyclic) bond motifs is 2. The topological polar surface area (TPSA) is 0 Å². The lowest BCUT2D eigenvalue weighted by Crippen LogP contribution is -2.08. The molecule has 2 radical (unpaired) electrons. The summed E-state index contributed by atoms with van der Waals surface area (Å²) in [5, 5.41) is 0. The SMILES string of the molecule is CCCCCCC1=Cc2c(-c3ccc(CCCCCC)cc3)cccc2C1C[Si]CC1C(CCCCCC)=Cc2c(-c3ccc(CCCCCC)cc3)cccc21. The van der Waals surface area contributed by atoms with Crippen LogP contribution in [0.15, 0.2) is 96.1 Å². The zero-order valence-corrected chi connectivity index (χ0v) is 37.4. The van der Waals surface area contributed by atoms with E-state index in [9.17, 15) is 0 Å². The molecule has 0 heterocycles. The summed E-state index contributed by atoms with van der Waals surface area (Å²) >= 11 is 0. The molecule has 6 rings (SSSR count). The molecule has 4 aromatic rings. The van der Waals surface area contributed by atoms with Crippen LogP contribution in [-0.2, 0) is 12.8 Å². The minimum absolute atomic E-state index is 0.558. The van der Waals surface area contributed by atoms with Gasteiger partial charge in [0, 0.05) is 21.4 Å². The molecule has 1 heteroatoms. The summed E-state index contributed by atoms with van der Waals surface area (Å²) in [5.41, 5.74) is 18.2. The van der Waals surface area contributed by atoms with Gasteiger partial charge in [0.2, 0.25) is 0 Å². The van der Waals surface area contributed by atoms with Crippen molar-refractivity contribution in [2.24, 2.45) is 0 Å². The molecule has 2 aliphatic carbocycles. The summed E-state index contributed by atoms with van der Waals surface area (Å²) in [5.74, 6) is 1.12. The predicted octanol–water partition coefficient (Wildman–Crippen LogP) is 17.4. The Morgan fingerprint density at radius 1 is 0.386 bits per heavy atom. The van der Waals surface area contributed by atoms with Gasteiger partial charge in [0.1, 0.15) is 0 Å². The molecule has 2 aliphatic rings. The smallest absolute Gasteiger partial charge is 0.0397 e. The largest absolute Gasteiger partial charge is 0.0654 e. The first kappa shape index (κ1) is 43.2. The van der Waals surface area contributed by atoms with Crippen molar-refractivity contribution in [1.29, 1.82) is 0 Å². The number of hydrogen-bond donors (Lipinski definition) is 0. The molecule has 302 valence electrons. The molecule has 0 nitrogen and oxygen atoms in total. The Morgan fingerprint density at radius 3 is 1.12 bits per heavy atom. The van der Waals surface area contributed by atoms with Gasteiger partial charge >= 0.3 is 0 Å². The summed E-state index contributed by atoms with van der Waals surface area (Å²) in [6.07, 6.45) is 31.4. The lowest BCUT2D eigenvalue weighted by atomic mass is 9.91. The van der Waals surface area contributed by atoms with Crippen molar-refractivity contribution in [2.45, 2.75) is 180 Å². The van der Waals surface area contributed by atoms with Gasteiger partial charge in [-0.3, -0.25) is 0 Å². The van der Waals surface area contributed by atoms with Gasteiger partial charge < -0.3 is 0 Å². The summed E-state index contributed by atoms with van der Waals surface area (Å²) < 4.78 is 0. The number of aryl methyl sites for hydroxylation is 2. The lowest BCUT2D eigenvalue weighted by molar-refractivity contribution is 0.648.